The number of hydrogen-bond donors (Lipinski definition) is 0. The van der Waals surface area contributed by atoms with Crippen molar-refractivity contribution in [2.45, 2.75) is 45.4 Å². The number of rotatable bonds is 2. The molecule has 1 rings (SSSR count). The van der Waals surface area contributed by atoms with Gasteiger partial charge in [0.05, 0.1) is 12.7 Å². The van der Waals surface area contributed by atoms with E-state index in [1.54, 1.807) is 7.11 Å². The van der Waals surface area contributed by atoms with Gasteiger partial charge in [0.25, 0.3) is 0 Å². The summed E-state index contributed by atoms with van der Waals surface area (Å²) in [7, 11) is 1.76. The van der Waals surface area contributed by atoms with Crippen molar-refractivity contribution >= 4 is 0 Å². The fourth-order valence-corrected chi connectivity index (χ4v) is 1.76. The van der Waals surface area contributed by atoms with Crippen LogP contribution < -0.4 is 0 Å². The lowest BCUT2D eigenvalue weighted by Crippen LogP contribution is -2.46. The monoisotopic (exact) mass is 201 g/mol. The molecule has 0 unspecified atom stereocenters. The summed E-state index contributed by atoms with van der Waals surface area (Å²) in [6.07, 6.45) is 0.300. The van der Waals surface area contributed by atoms with Crippen LogP contribution in [0.3, 0.4) is 0 Å². The van der Waals surface area contributed by atoms with Gasteiger partial charge >= 0.3 is 0 Å². The van der Waals surface area contributed by atoms with Crippen molar-refractivity contribution < 1.29 is 9.47 Å². The van der Waals surface area contributed by atoms with Crippen molar-refractivity contribution in [3.63, 3.8) is 0 Å². The molecule has 3 heteroatoms. The summed E-state index contributed by atoms with van der Waals surface area (Å²) in [5.74, 6) is 0. The van der Waals surface area contributed by atoms with E-state index in [0.29, 0.717) is 18.8 Å². The SMILES string of the molecule is CO[C@@]1(C)CO[C@H](C)CN(C(C)C)C1. The molecule has 0 bridgehead atoms. The van der Waals surface area contributed by atoms with Crippen LogP contribution in [0.5, 0.6) is 0 Å². The lowest BCUT2D eigenvalue weighted by molar-refractivity contribution is -0.0670. The fourth-order valence-electron chi connectivity index (χ4n) is 1.76. The standard InChI is InChI=1S/C11H23NO2/c1-9(2)12-6-10(3)14-8-11(4,7-12)13-5/h9-10H,6-8H2,1-5H3/t10-,11-/m1/s1. The Hall–Kier alpha value is -0.120. The maximum absolute atomic E-state index is 5.72. The molecular formula is C11H23NO2. The van der Waals surface area contributed by atoms with Gasteiger partial charge in [-0.05, 0) is 27.7 Å². The second-order valence-corrected chi connectivity index (χ2v) is 4.80. The van der Waals surface area contributed by atoms with Crippen LogP contribution in [0.1, 0.15) is 27.7 Å². The second kappa shape index (κ2) is 4.60. The maximum Gasteiger partial charge on any atom is 0.101 e. The van der Waals surface area contributed by atoms with E-state index < -0.39 is 0 Å². The molecule has 0 saturated carbocycles. The highest BCUT2D eigenvalue weighted by Crippen LogP contribution is 2.19. The van der Waals surface area contributed by atoms with Crippen molar-refractivity contribution in [1.82, 2.24) is 4.90 Å². The molecular weight excluding hydrogens is 178 g/mol. The number of hydrogen-bond acceptors (Lipinski definition) is 3. The molecule has 1 aliphatic heterocycles. The summed E-state index contributed by atoms with van der Waals surface area (Å²) in [4.78, 5) is 2.42. The van der Waals surface area contributed by atoms with E-state index in [1.165, 1.54) is 0 Å². The summed E-state index contributed by atoms with van der Waals surface area (Å²) in [5.41, 5.74) is -0.158. The van der Waals surface area contributed by atoms with E-state index in [2.05, 4.69) is 32.6 Å². The zero-order valence-corrected chi connectivity index (χ0v) is 10.0. The van der Waals surface area contributed by atoms with Crippen molar-refractivity contribution in [2.24, 2.45) is 0 Å². The molecule has 0 spiro atoms. The summed E-state index contributed by atoms with van der Waals surface area (Å²) in [6.45, 7) is 11.3. The molecule has 1 aliphatic rings. The number of ether oxygens (including phenoxy) is 2. The summed E-state index contributed by atoms with van der Waals surface area (Å²) in [5, 5.41) is 0. The number of methoxy groups -OCH3 is 1. The van der Waals surface area contributed by atoms with Gasteiger partial charge in [-0.15, -0.1) is 0 Å². The molecule has 14 heavy (non-hydrogen) atoms. The molecule has 84 valence electrons. The first-order chi connectivity index (χ1) is 6.47. The topological polar surface area (TPSA) is 21.7 Å². The van der Waals surface area contributed by atoms with Gasteiger partial charge in [-0.2, -0.15) is 0 Å². The van der Waals surface area contributed by atoms with E-state index in [-0.39, 0.29) is 5.60 Å². The Labute approximate surface area is 87.4 Å². The van der Waals surface area contributed by atoms with Crippen LogP contribution >= 0.6 is 0 Å². The Kier molecular flexibility index (Phi) is 3.93. The largest absolute Gasteiger partial charge is 0.375 e. The van der Waals surface area contributed by atoms with Crippen LogP contribution in [0.4, 0.5) is 0 Å². The van der Waals surface area contributed by atoms with Crippen molar-refractivity contribution in [3.05, 3.63) is 0 Å². The lowest BCUT2D eigenvalue weighted by atomic mass is 10.1. The molecule has 1 fully saturated rings. The van der Waals surface area contributed by atoms with Crippen molar-refractivity contribution in [1.29, 1.82) is 0 Å². The van der Waals surface area contributed by atoms with E-state index in [9.17, 15) is 0 Å². The Bertz CT molecular complexity index is 184. The minimum Gasteiger partial charge on any atom is -0.375 e. The van der Waals surface area contributed by atoms with Gasteiger partial charge in [0.1, 0.15) is 5.60 Å². The molecule has 0 amide bonds. The van der Waals surface area contributed by atoms with Gasteiger partial charge in [-0.1, -0.05) is 0 Å². The van der Waals surface area contributed by atoms with Gasteiger partial charge in [0.2, 0.25) is 0 Å². The van der Waals surface area contributed by atoms with E-state index in [0.717, 1.165) is 13.1 Å². The van der Waals surface area contributed by atoms with Crippen LogP contribution in [0.25, 0.3) is 0 Å². The minimum atomic E-state index is -0.158. The molecule has 0 aromatic heterocycles. The maximum atomic E-state index is 5.72. The van der Waals surface area contributed by atoms with Gasteiger partial charge in [0.15, 0.2) is 0 Å². The smallest absolute Gasteiger partial charge is 0.101 e. The first kappa shape index (κ1) is 12.0. The highest BCUT2D eigenvalue weighted by atomic mass is 16.5. The molecule has 0 aromatic carbocycles. The summed E-state index contributed by atoms with van der Waals surface area (Å²) >= 11 is 0. The van der Waals surface area contributed by atoms with Gasteiger partial charge < -0.3 is 9.47 Å². The Morgan fingerprint density at radius 3 is 2.64 bits per heavy atom. The Morgan fingerprint density at radius 2 is 2.14 bits per heavy atom. The van der Waals surface area contributed by atoms with Gasteiger partial charge in [0, 0.05) is 26.2 Å². The average molecular weight is 201 g/mol. The van der Waals surface area contributed by atoms with Crippen molar-refractivity contribution in [2.75, 3.05) is 26.8 Å². The molecule has 1 heterocycles. The molecule has 0 radical (unpaired) electrons. The molecule has 2 atom stereocenters. The lowest BCUT2D eigenvalue weighted by Gasteiger charge is -2.33. The molecule has 0 aromatic rings. The zero-order valence-electron chi connectivity index (χ0n) is 10.0. The van der Waals surface area contributed by atoms with E-state index in [4.69, 9.17) is 9.47 Å². The van der Waals surface area contributed by atoms with Crippen molar-refractivity contribution in [3.8, 4) is 0 Å². The predicted molar refractivity (Wildman–Crippen MR) is 57.5 cm³/mol. The first-order valence-electron chi connectivity index (χ1n) is 5.37. The van der Waals surface area contributed by atoms with Crippen LogP contribution in [0, 0.1) is 0 Å². The predicted octanol–water partition coefficient (Wildman–Crippen LogP) is 1.52. The highest BCUT2D eigenvalue weighted by Gasteiger charge is 2.32. The number of nitrogens with zero attached hydrogens (tertiary/aromatic N) is 1. The van der Waals surface area contributed by atoms with E-state index >= 15 is 0 Å². The Morgan fingerprint density at radius 1 is 1.50 bits per heavy atom. The van der Waals surface area contributed by atoms with E-state index in [1.807, 2.05) is 0 Å². The van der Waals surface area contributed by atoms with Crippen LogP contribution in [0.15, 0.2) is 0 Å². The first-order valence-corrected chi connectivity index (χ1v) is 5.37. The third-order valence-electron chi connectivity index (χ3n) is 2.93. The minimum absolute atomic E-state index is 0.158. The molecule has 0 aliphatic carbocycles. The normalized spacial score (nSPS) is 36.0. The fraction of sp³-hybridized carbons (Fsp3) is 1.00. The zero-order chi connectivity index (χ0) is 10.8. The molecule has 3 nitrogen and oxygen atoms in total. The van der Waals surface area contributed by atoms with Gasteiger partial charge in [-0.25, -0.2) is 0 Å². The third kappa shape index (κ3) is 2.94. The summed E-state index contributed by atoms with van der Waals surface area (Å²) in [6, 6.07) is 0.550. The second-order valence-electron chi connectivity index (χ2n) is 4.80. The quantitative estimate of drug-likeness (QED) is 0.676. The van der Waals surface area contributed by atoms with Gasteiger partial charge in [-0.3, -0.25) is 4.90 Å². The highest BCUT2D eigenvalue weighted by molar-refractivity contribution is 4.84. The van der Waals surface area contributed by atoms with Crippen LogP contribution in [-0.2, 0) is 9.47 Å². The third-order valence-corrected chi connectivity index (χ3v) is 2.93. The molecule has 1 saturated heterocycles. The van der Waals surface area contributed by atoms with Crippen LogP contribution in [0.2, 0.25) is 0 Å². The van der Waals surface area contributed by atoms with Crippen LogP contribution in [-0.4, -0.2) is 49.5 Å². The molecule has 0 N–H and O–H groups in total. The Balaban J connectivity index is 2.68. The summed E-state index contributed by atoms with van der Waals surface area (Å²) < 4.78 is 11.2. The average Bonchev–Trinajstić information content (AvgIpc) is 2.27.